The Morgan fingerprint density at radius 1 is 1.29 bits per heavy atom. The summed E-state index contributed by atoms with van der Waals surface area (Å²) < 4.78 is 22.5. The van der Waals surface area contributed by atoms with Crippen molar-refractivity contribution >= 4 is 9.84 Å². The van der Waals surface area contributed by atoms with E-state index in [9.17, 15) is 13.5 Å². The first-order chi connectivity index (χ1) is 7.89. The van der Waals surface area contributed by atoms with Gasteiger partial charge in [0, 0.05) is 6.26 Å². The highest BCUT2D eigenvalue weighted by molar-refractivity contribution is 7.90. The molecule has 0 saturated heterocycles. The molecular formula is C13H22O3S. The number of hydrogen-bond acceptors (Lipinski definition) is 3. The van der Waals surface area contributed by atoms with Crippen LogP contribution in [0.5, 0.6) is 0 Å². The molecule has 2 bridgehead atoms. The van der Waals surface area contributed by atoms with Crippen molar-refractivity contribution in [3.8, 4) is 0 Å². The van der Waals surface area contributed by atoms with Crippen LogP contribution in [0.15, 0.2) is 0 Å². The quantitative estimate of drug-likeness (QED) is 0.836. The van der Waals surface area contributed by atoms with Crippen LogP contribution >= 0.6 is 0 Å². The number of aliphatic hydroxyl groups is 1. The predicted octanol–water partition coefficient (Wildman–Crippen LogP) is 1.61. The van der Waals surface area contributed by atoms with E-state index in [4.69, 9.17) is 0 Å². The van der Waals surface area contributed by atoms with Gasteiger partial charge in [-0.2, -0.15) is 0 Å². The van der Waals surface area contributed by atoms with Crippen LogP contribution in [0.4, 0.5) is 0 Å². The summed E-state index contributed by atoms with van der Waals surface area (Å²) in [6, 6.07) is 0. The van der Waals surface area contributed by atoms with Gasteiger partial charge < -0.3 is 5.11 Å². The van der Waals surface area contributed by atoms with Crippen LogP contribution in [0.1, 0.15) is 38.5 Å². The van der Waals surface area contributed by atoms with E-state index in [1.807, 2.05) is 0 Å². The lowest BCUT2D eigenvalue weighted by atomic mass is 9.72. The molecule has 0 radical (unpaired) electrons. The summed E-state index contributed by atoms with van der Waals surface area (Å²) in [5.74, 6) is 2.75. The molecule has 0 aromatic carbocycles. The number of hydrogen-bond donors (Lipinski definition) is 1. The molecule has 5 unspecified atom stereocenters. The Morgan fingerprint density at radius 2 is 2.00 bits per heavy atom. The van der Waals surface area contributed by atoms with Crippen LogP contribution in [0.2, 0.25) is 0 Å². The lowest BCUT2D eigenvalue weighted by Gasteiger charge is -2.39. The minimum atomic E-state index is -2.95. The largest absolute Gasteiger partial charge is 0.390 e. The van der Waals surface area contributed by atoms with Gasteiger partial charge >= 0.3 is 0 Å². The molecule has 0 aromatic rings. The van der Waals surface area contributed by atoms with Crippen LogP contribution < -0.4 is 0 Å². The topological polar surface area (TPSA) is 54.4 Å². The molecular weight excluding hydrogens is 236 g/mol. The molecule has 4 heteroatoms. The Labute approximate surface area is 104 Å². The van der Waals surface area contributed by atoms with Gasteiger partial charge in [0.15, 0.2) is 0 Å². The van der Waals surface area contributed by atoms with Crippen molar-refractivity contribution < 1.29 is 13.5 Å². The van der Waals surface area contributed by atoms with Gasteiger partial charge in [-0.15, -0.1) is 0 Å². The molecule has 0 aliphatic heterocycles. The van der Waals surface area contributed by atoms with Crippen molar-refractivity contribution in [3.05, 3.63) is 0 Å². The van der Waals surface area contributed by atoms with Gasteiger partial charge in [0.2, 0.25) is 0 Å². The number of sulfone groups is 1. The van der Waals surface area contributed by atoms with Crippen molar-refractivity contribution in [2.24, 2.45) is 23.7 Å². The molecule has 3 fully saturated rings. The average molecular weight is 258 g/mol. The maximum atomic E-state index is 11.3. The van der Waals surface area contributed by atoms with Crippen molar-refractivity contribution in [2.45, 2.75) is 44.1 Å². The van der Waals surface area contributed by atoms with Gasteiger partial charge in [-0.1, -0.05) is 6.42 Å². The van der Waals surface area contributed by atoms with Crippen LogP contribution in [-0.2, 0) is 9.84 Å². The summed E-state index contributed by atoms with van der Waals surface area (Å²) in [5, 5.41) is 10.7. The fraction of sp³-hybridized carbons (Fsp3) is 1.00. The van der Waals surface area contributed by atoms with Crippen LogP contribution in [0.25, 0.3) is 0 Å². The fourth-order valence-corrected chi connectivity index (χ4v) is 5.61. The molecule has 1 N–H and O–H groups in total. The highest BCUT2D eigenvalue weighted by atomic mass is 32.2. The zero-order chi connectivity index (χ0) is 12.3. The monoisotopic (exact) mass is 258 g/mol. The average Bonchev–Trinajstić information content (AvgIpc) is 2.83. The van der Waals surface area contributed by atoms with Crippen LogP contribution in [-0.4, -0.2) is 31.1 Å². The molecule has 0 aromatic heterocycles. The molecule has 3 aliphatic rings. The van der Waals surface area contributed by atoms with E-state index in [0.717, 1.165) is 18.8 Å². The number of fused-ring (bicyclic) bond motifs is 5. The third-order valence-electron chi connectivity index (χ3n) is 5.52. The molecule has 3 saturated carbocycles. The summed E-state index contributed by atoms with van der Waals surface area (Å²) >= 11 is 0. The molecule has 98 valence electrons. The molecule has 3 rings (SSSR count). The zero-order valence-electron chi connectivity index (χ0n) is 10.4. The van der Waals surface area contributed by atoms with Gasteiger partial charge in [0.25, 0.3) is 0 Å². The van der Waals surface area contributed by atoms with E-state index in [-0.39, 0.29) is 5.75 Å². The Bertz CT molecular complexity index is 416. The van der Waals surface area contributed by atoms with E-state index in [1.165, 1.54) is 25.5 Å². The maximum absolute atomic E-state index is 11.3. The Morgan fingerprint density at radius 3 is 2.71 bits per heavy atom. The summed E-state index contributed by atoms with van der Waals surface area (Å²) in [6.07, 6.45) is 7.63. The summed E-state index contributed by atoms with van der Waals surface area (Å²) in [7, 11) is -2.95. The van der Waals surface area contributed by atoms with E-state index in [0.29, 0.717) is 24.2 Å². The highest BCUT2D eigenvalue weighted by Gasteiger charge is 2.59. The predicted molar refractivity (Wildman–Crippen MR) is 66.3 cm³/mol. The Hall–Kier alpha value is -0.0900. The summed E-state index contributed by atoms with van der Waals surface area (Å²) in [5.41, 5.74) is -0.667. The SMILES string of the molecule is CS(=O)(=O)CCC1(O)CC2CC1C1CCCC21. The first-order valence-corrected chi connectivity index (χ1v) is 8.85. The van der Waals surface area contributed by atoms with E-state index >= 15 is 0 Å². The second-order valence-corrected chi connectivity index (χ2v) is 8.81. The second kappa shape index (κ2) is 3.70. The summed E-state index contributed by atoms with van der Waals surface area (Å²) in [6.45, 7) is 0. The first-order valence-electron chi connectivity index (χ1n) is 6.79. The van der Waals surface area contributed by atoms with E-state index in [2.05, 4.69) is 0 Å². The van der Waals surface area contributed by atoms with Gasteiger partial charge in [-0.25, -0.2) is 8.42 Å². The van der Waals surface area contributed by atoms with E-state index < -0.39 is 15.4 Å². The smallest absolute Gasteiger partial charge is 0.147 e. The number of rotatable bonds is 3. The Kier molecular flexibility index (Phi) is 2.61. The molecule has 17 heavy (non-hydrogen) atoms. The standard InChI is InChI=1S/C13H22O3S/c1-17(15,16)6-5-13(14)8-9-7-12(13)11-4-2-3-10(9)11/h9-12,14H,2-8H2,1H3. The second-order valence-electron chi connectivity index (χ2n) is 6.55. The fourth-order valence-electron chi connectivity index (χ4n) is 4.89. The van der Waals surface area contributed by atoms with Gasteiger partial charge in [0.05, 0.1) is 11.4 Å². The molecule has 5 atom stereocenters. The van der Waals surface area contributed by atoms with Gasteiger partial charge in [-0.3, -0.25) is 0 Å². The van der Waals surface area contributed by atoms with E-state index in [1.54, 1.807) is 0 Å². The zero-order valence-corrected chi connectivity index (χ0v) is 11.2. The van der Waals surface area contributed by atoms with Crippen molar-refractivity contribution in [1.29, 1.82) is 0 Å². The first kappa shape index (κ1) is 12.0. The molecule has 3 nitrogen and oxygen atoms in total. The maximum Gasteiger partial charge on any atom is 0.147 e. The minimum absolute atomic E-state index is 0.143. The third kappa shape index (κ3) is 1.93. The van der Waals surface area contributed by atoms with Gasteiger partial charge in [0.1, 0.15) is 9.84 Å². The molecule has 0 amide bonds. The highest BCUT2D eigenvalue weighted by Crippen LogP contribution is 2.63. The van der Waals surface area contributed by atoms with Gasteiger partial charge in [-0.05, 0) is 55.8 Å². The third-order valence-corrected chi connectivity index (χ3v) is 6.46. The lowest BCUT2D eigenvalue weighted by Crippen LogP contribution is -2.42. The van der Waals surface area contributed by atoms with Crippen LogP contribution in [0, 0.1) is 23.7 Å². The van der Waals surface area contributed by atoms with Crippen molar-refractivity contribution in [2.75, 3.05) is 12.0 Å². The molecule has 0 spiro atoms. The Balaban J connectivity index is 1.73. The van der Waals surface area contributed by atoms with Crippen molar-refractivity contribution in [3.63, 3.8) is 0 Å². The van der Waals surface area contributed by atoms with Crippen LogP contribution in [0.3, 0.4) is 0 Å². The lowest BCUT2D eigenvalue weighted by molar-refractivity contribution is -0.0476. The van der Waals surface area contributed by atoms with Crippen molar-refractivity contribution in [1.82, 2.24) is 0 Å². The normalized spacial score (nSPS) is 48.6. The summed E-state index contributed by atoms with van der Waals surface area (Å²) in [4.78, 5) is 0. The molecule has 0 heterocycles. The molecule has 3 aliphatic carbocycles. The minimum Gasteiger partial charge on any atom is -0.390 e.